The fraction of sp³-hybridized carbons (Fsp3) is 0.435. The number of amides is 1. The van der Waals surface area contributed by atoms with Crippen LogP contribution in [0.4, 0.5) is 5.69 Å². The molecule has 0 unspecified atom stereocenters. The quantitative estimate of drug-likeness (QED) is 0.582. The Hall–Kier alpha value is -2.54. The predicted octanol–water partition coefficient (Wildman–Crippen LogP) is 3.66. The highest BCUT2D eigenvalue weighted by Gasteiger charge is 2.18. The lowest BCUT2D eigenvalue weighted by Crippen LogP contribution is -2.33. The maximum Gasteiger partial charge on any atom is 0.232 e. The van der Waals surface area contributed by atoms with Crippen molar-refractivity contribution in [1.29, 1.82) is 0 Å². The molecular formula is C23H32N2O4S. The largest absolute Gasteiger partial charge is 0.491 e. The van der Waals surface area contributed by atoms with Crippen LogP contribution in [0.1, 0.15) is 35.1 Å². The first-order chi connectivity index (χ1) is 14.1. The van der Waals surface area contributed by atoms with E-state index in [4.69, 9.17) is 4.74 Å². The van der Waals surface area contributed by atoms with Crippen LogP contribution in [-0.4, -0.2) is 40.3 Å². The molecular weight excluding hydrogens is 400 g/mol. The summed E-state index contributed by atoms with van der Waals surface area (Å²) in [5.41, 5.74) is 4.88. The molecule has 164 valence electrons. The number of rotatable bonds is 10. The van der Waals surface area contributed by atoms with E-state index < -0.39 is 10.0 Å². The molecule has 0 aromatic heterocycles. The summed E-state index contributed by atoms with van der Waals surface area (Å²) in [6.07, 6.45) is 1.87. The van der Waals surface area contributed by atoms with Gasteiger partial charge in [0, 0.05) is 13.0 Å². The van der Waals surface area contributed by atoms with E-state index in [-0.39, 0.29) is 18.9 Å². The van der Waals surface area contributed by atoms with E-state index in [1.165, 1.54) is 16.1 Å². The van der Waals surface area contributed by atoms with E-state index in [1.807, 2.05) is 58.0 Å². The molecule has 0 bridgehead atoms. The van der Waals surface area contributed by atoms with Crippen LogP contribution in [0.15, 0.2) is 36.4 Å². The number of aryl methyl sites for hydroxylation is 4. The molecule has 7 heteroatoms. The maximum absolute atomic E-state index is 12.2. The number of nitrogens with zero attached hydrogens (tertiary/aromatic N) is 1. The molecule has 2 aromatic carbocycles. The van der Waals surface area contributed by atoms with Gasteiger partial charge >= 0.3 is 0 Å². The Balaban J connectivity index is 1.80. The minimum atomic E-state index is -3.43. The Bertz CT molecular complexity index is 966. The second-order valence-corrected chi connectivity index (χ2v) is 9.66. The SMILES string of the molecule is Cc1cc(C)cc(N(CCCC(=O)NCCOc2ccc(C)cc2C)S(C)(=O)=O)c1. The van der Waals surface area contributed by atoms with Crippen molar-refractivity contribution in [1.82, 2.24) is 5.32 Å². The van der Waals surface area contributed by atoms with Crippen LogP contribution in [0.2, 0.25) is 0 Å². The van der Waals surface area contributed by atoms with Crippen LogP contribution in [0.5, 0.6) is 5.75 Å². The Labute approximate surface area is 180 Å². The Kier molecular flexibility index (Phi) is 8.29. The zero-order valence-electron chi connectivity index (χ0n) is 18.5. The lowest BCUT2D eigenvalue weighted by molar-refractivity contribution is -0.121. The number of ether oxygens (including phenoxy) is 1. The second-order valence-electron chi connectivity index (χ2n) is 7.75. The Morgan fingerprint density at radius 3 is 2.27 bits per heavy atom. The van der Waals surface area contributed by atoms with E-state index in [2.05, 4.69) is 11.4 Å². The zero-order chi connectivity index (χ0) is 22.3. The van der Waals surface area contributed by atoms with Crippen LogP contribution in [0.3, 0.4) is 0 Å². The van der Waals surface area contributed by atoms with Gasteiger partial charge in [-0.05, 0) is 69.0 Å². The van der Waals surface area contributed by atoms with Crippen molar-refractivity contribution in [2.45, 2.75) is 40.5 Å². The number of carbonyl (C=O) groups excluding carboxylic acids is 1. The van der Waals surface area contributed by atoms with Crippen molar-refractivity contribution < 1.29 is 17.9 Å². The molecule has 0 fully saturated rings. The summed E-state index contributed by atoms with van der Waals surface area (Å²) in [4.78, 5) is 12.1. The zero-order valence-corrected chi connectivity index (χ0v) is 19.3. The minimum absolute atomic E-state index is 0.117. The number of sulfonamides is 1. The maximum atomic E-state index is 12.2. The van der Waals surface area contributed by atoms with E-state index in [1.54, 1.807) is 0 Å². The van der Waals surface area contributed by atoms with Gasteiger partial charge in [-0.25, -0.2) is 8.42 Å². The summed E-state index contributed by atoms with van der Waals surface area (Å²) in [7, 11) is -3.43. The fourth-order valence-corrected chi connectivity index (χ4v) is 4.31. The molecule has 2 aromatic rings. The standard InChI is InChI=1S/C23H32N2O4S/c1-17-8-9-22(20(4)14-17)29-12-10-24-23(26)7-6-11-25(30(5,27)28)21-15-18(2)13-19(3)16-21/h8-9,13-16H,6-7,10-12H2,1-5H3,(H,24,26). The van der Waals surface area contributed by atoms with Gasteiger partial charge in [-0.1, -0.05) is 23.8 Å². The number of carbonyl (C=O) groups is 1. The first-order valence-electron chi connectivity index (χ1n) is 10.1. The van der Waals surface area contributed by atoms with Gasteiger partial charge < -0.3 is 10.1 Å². The van der Waals surface area contributed by atoms with Crippen molar-refractivity contribution in [3.05, 3.63) is 58.7 Å². The number of hydrogen-bond donors (Lipinski definition) is 1. The van der Waals surface area contributed by atoms with Crippen molar-refractivity contribution in [2.24, 2.45) is 0 Å². The van der Waals surface area contributed by atoms with Crippen molar-refractivity contribution in [3.63, 3.8) is 0 Å². The Morgan fingerprint density at radius 1 is 1.00 bits per heavy atom. The van der Waals surface area contributed by atoms with E-state index >= 15 is 0 Å². The van der Waals surface area contributed by atoms with Gasteiger partial charge in [0.2, 0.25) is 15.9 Å². The number of hydrogen-bond acceptors (Lipinski definition) is 4. The highest BCUT2D eigenvalue weighted by Crippen LogP contribution is 2.22. The molecule has 30 heavy (non-hydrogen) atoms. The third-order valence-corrected chi connectivity index (χ3v) is 5.87. The van der Waals surface area contributed by atoms with Crippen molar-refractivity contribution in [3.8, 4) is 5.75 Å². The number of anilines is 1. The molecule has 0 aliphatic heterocycles. The van der Waals surface area contributed by atoms with Crippen LogP contribution in [-0.2, 0) is 14.8 Å². The average Bonchev–Trinajstić information content (AvgIpc) is 2.62. The topological polar surface area (TPSA) is 75.7 Å². The first-order valence-corrected chi connectivity index (χ1v) is 11.9. The first kappa shape index (κ1) is 23.7. The van der Waals surface area contributed by atoms with Crippen molar-refractivity contribution in [2.75, 3.05) is 30.3 Å². The lowest BCUT2D eigenvalue weighted by atomic mass is 10.1. The van der Waals surface area contributed by atoms with Gasteiger partial charge in [0.15, 0.2) is 0 Å². The molecule has 0 aliphatic carbocycles. The second kappa shape index (κ2) is 10.5. The van der Waals surface area contributed by atoms with Crippen molar-refractivity contribution >= 4 is 21.6 Å². The average molecular weight is 433 g/mol. The summed E-state index contributed by atoms with van der Waals surface area (Å²) in [6.45, 7) is 8.93. The van der Waals surface area contributed by atoms with Gasteiger partial charge in [-0.3, -0.25) is 9.10 Å². The molecule has 0 aliphatic rings. The van der Waals surface area contributed by atoms with Crippen LogP contribution in [0, 0.1) is 27.7 Å². The van der Waals surface area contributed by atoms with E-state index in [9.17, 15) is 13.2 Å². The molecule has 0 saturated carbocycles. The molecule has 1 N–H and O–H groups in total. The molecule has 0 spiro atoms. The van der Waals surface area contributed by atoms with Gasteiger partial charge in [-0.15, -0.1) is 0 Å². The van der Waals surface area contributed by atoms with Gasteiger partial charge in [-0.2, -0.15) is 0 Å². The molecule has 0 saturated heterocycles. The van der Waals surface area contributed by atoms with Gasteiger partial charge in [0.1, 0.15) is 12.4 Å². The minimum Gasteiger partial charge on any atom is -0.491 e. The third-order valence-electron chi connectivity index (χ3n) is 4.67. The molecule has 6 nitrogen and oxygen atoms in total. The number of nitrogens with one attached hydrogen (secondary N) is 1. The monoisotopic (exact) mass is 432 g/mol. The summed E-state index contributed by atoms with van der Waals surface area (Å²) in [5.74, 6) is 0.695. The van der Waals surface area contributed by atoms with Gasteiger partial charge in [0.05, 0.1) is 18.5 Å². The van der Waals surface area contributed by atoms with Crippen LogP contribution < -0.4 is 14.4 Å². The summed E-state index contributed by atoms with van der Waals surface area (Å²) in [6, 6.07) is 11.7. The molecule has 0 heterocycles. The normalized spacial score (nSPS) is 11.2. The predicted molar refractivity (Wildman–Crippen MR) is 122 cm³/mol. The lowest BCUT2D eigenvalue weighted by Gasteiger charge is -2.23. The third kappa shape index (κ3) is 7.37. The Morgan fingerprint density at radius 2 is 1.67 bits per heavy atom. The van der Waals surface area contributed by atoms with E-state index in [0.29, 0.717) is 25.3 Å². The van der Waals surface area contributed by atoms with Gasteiger partial charge in [0.25, 0.3) is 0 Å². The number of benzene rings is 2. The highest BCUT2D eigenvalue weighted by atomic mass is 32.2. The molecule has 0 radical (unpaired) electrons. The fourth-order valence-electron chi connectivity index (χ4n) is 3.37. The highest BCUT2D eigenvalue weighted by molar-refractivity contribution is 7.92. The smallest absolute Gasteiger partial charge is 0.232 e. The summed E-state index contributed by atoms with van der Waals surface area (Å²) >= 11 is 0. The van der Waals surface area contributed by atoms with E-state index in [0.717, 1.165) is 22.4 Å². The van der Waals surface area contributed by atoms with Crippen LogP contribution >= 0.6 is 0 Å². The molecule has 0 atom stereocenters. The molecule has 2 rings (SSSR count). The molecule has 1 amide bonds. The summed E-state index contributed by atoms with van der Waals surface area (Å²) in [5, 5.41) is 2.82. The summed E-state index contributed by atoms with van der Waals surface area (Å²) < 4.78 is 31.5. The van der Waals surface area contributed by atoms with Crippen LogP contribution in [0.25, 0.3) is 0 Å².